The fourth-order valence-corrected chi connectivity index (χ4v) is 2.71. The third kappa shape index (κ3) is 2.75. The van der Waals surface area contributed by atoms with Crippen molar-refractivity contribution in [3.63, 3.8) is 0 Å². The molecule has 0 fully saturated rings. The number of ether oxygens (including phenoxy) is 1. The lowest BCUT2D eigenvalue weighted by molar-refractivity contribution is 0.414. The first kappa shape index (κ1) is 13.6. The standard InChI is InChI=1S/C14H11Br2FO/c1-18-10-7-5-9(6-8-10)13(16)11-3-2-4-12(15)14(11)17/h2-8,13H,1H3. The number of hydrogen-bond acceptors (Lipinski definition) is 1. The molecule has 1 unspecified atom stereocenters. The molecular formula is C14H11Br2FO. The minimum atomic E-state index is -0.241. The first-order valence-electron chi connectivity index (χ1n) is 5.35. The Kier molecular flexibility index (Phi) is 4.40. The summed E-state index contributed by atoms with van der Waals surface area (Å²) in [4.78, 5) is -0.180. The highest BCUT2D eigenvalue weighted by atomic mass is 79.9. The molecule has 0 saturated carbocycles. The maximum atomic E-state index is 14.0. The average molecular weight is 374 g/mol. The second kappa shape index (κ2) is 5.85. The molecule has 0 heterocycles. The quantitative estimate of drug-likeness (QED) is 0.681. The van der Waals surface area contributed by atoms with Crippen molar-refractivity contribution < 1.29 is 9.13 Å². The molecule has 2 aromatic rings. The average Bonchev–Trinajstić information content (AvgIpc) is 2.41. The fourth-order valence-electron chi connectivity index (χ4n) is 1.67. The van der Waals surface area contributed by atoms with Crippen LogP contribution in [-0.4, -0.2) is 7.11 Å². The van der Waals surface area contributed by atoms with Crippen LogP contribution in [0.3, 0.4) is 0 Å². The lowest BCUT2D eigenvalue weighted by atomic mass is 10.0. The number of methoxy groups -OCH3 is 1. The zero-order valence-corrected chi connectivity index (χ0v) is 12.8. The summed E-state index contributed by atoms with van der Waals surface area (Å²) >= 11 is 6.72. The Morgan fingerprint density at radius 1 is 1.11 bits per heavy atom. The monoisotopic (exact) mass is 372 g/mol. The van der Waals surface area contributed by atoms with Crippen LogP contribution in [-0.2, 0) is 0 Å². The number of rotatable bonds is 3. The van der Waals surface area contributed by atoms with Crippen LogP contribution in [0.2, 0.25) is 0 Å². The van der Waals surface area contributed by atoms with Crippen LogP contribution in [0.1, 0.15) is 16.0 Å². The molecule has 4 heteroatoms. The summed E-state index contributed by atoms with van der Waals surface area (Å²) in [6.45, 7) is 0. The molecule has 0 aromatic heterocycles. The summed E-state index contributed by atoms with van der Waals surface area (Å²) in [5.74, 6) is 0.545. The van der Waals surface area contributed by atoms with Crippen LogP contribution in [0.15, 0.2) is 46.9 Å². The molecule has 0 bridgehead atoms. The van der Waals surface area contributed by atoms with Gasteiger partial charge in [-0.2, -0.15) is 0 Å². The third-order valence-corrected chi connectivity index (χ3v) is 4.30. The highest BCUT2D eigenvalue weighted by molar-refractivity contribution is 9.10. The van der Waals surface area contributed by atoms with Gasteiger partial charge in [-0.15, -0.1) is 0 Å². The van der Waals surface area contributed by atoms with Gasteiger partial charge in [-0.1, -0.05) is 40.2 Å². The zero-order valence-electron chi connectivity index (χ0n) is 9.66. The molecule has 0 spiro atoms. The summed E-state index contributed by atoms with van der Waals surface area (Å²) in [7, 11) is 1.62. The fraction of sp³-hybridized carbons (Fsp3) is 0.143. The van der Waals surface area contributed by atoms with Crippen LogP contribution < -0.4 is 4.74 Å². The van der Waals surface area contributed by atoms with Gasteiger partial charge < -0.3 is 4.74 Å². The lowest BCUT2D eigenvalue weighted by Gasteiger charge is -2.13. The number of hydrogen-bond donors (Lipinski definition) is 0. The first-order valence-corrected chi connectivity index (χ1v) is 7.06. The molecule has 18 heavy (non-hydrogen) atoms. The molecule has 0 N–H and O–H groups in total. The van der Waals surface area contributed by atoms with E-state index in [1.807, 2.05) is 30.3 Å². The van der Waals surface area contributed by atoms with E-state index in [2.05, 4.69) is 31.9 Å². The van der Waals surface area contributed by atoms with Crippen LogP contribution in [0.25, 0.3) is 0 Å². The van der Waals surface area contributed by atoms with Crippen LogP contribution >= 0.6 is 31.9 Å². The highest BCUT2D eigenvalue weighted by Gasteiger charge is 2.16. The molecule has 0 saturated heterocycles. The summed E-state index contributed by atoms with van der Waals surface area (Å²) in [6.07, 6.45) is 0. The van der Waals surface area contributed by atoms with Gasteiger partial charge in [0.05, 0.1) is 16.4 Å². The molecule has 94 valence electrons. The van der Waals surface area contributed by atoms with E-state index >= 15 is 0 Å². The van der Waals surface area contributed by atoms with E-state index in [-0.39, 0.29) is 10.6 Å². The van der Waals surface area contributed by atoms with E-state index in [1.165, 1.54) is 0 Å². The molecule has 1 nitrogen and oxygen atoms in total. The van der Waals surface area contributed by atoms with Crippen molar-refractivity contribution in [1.29, 1.82) is 0 Å². The SMILES string of the molecule is COc1ccc(C(Br)c2cccc(Br)c2F)cc1. The van der Waals surface area contributed by atoms with Gasteiger partial charge in [0.15, 0.2) is 0 Å². The minimum absolute atomic E-state index is 0.180. The second-order valence-corrected chi connectivity index (χ2v) is 5.55. The summed E-state index contributed by atoms with van der Waals surface area (Å²) in [5, 5.41) is 0. The third-order valence-electron chi connectivity index (χ3n) is 2.66. The van der Waals surface area contributed by atoms with Crippen molar-refractivity contribution >= 4 is 31.9 Å². The van der Waals surface area contributed by atoms with Crippen molar-refractivity contribution in [2.75, 3.05) is 7.11 Å². The largest absolute Gasteiger partial charge is 0.497 e. The van der Waals surface area contributed by atoms with E-state index in [1.54, 1.807) is 19.2 Å². The molecule has 2 aromatic carbocycles. The Hall–Kier alpha value is -0.870. The molecule has 2 rings (SSSR count). The minimum Gasteiger partial charge on any atom is -0.497 e. The predicted octanol–water partition coefficient (Wildman–Crippen LogP) is 5.08. The molecule has 0 aliphatic rings. The Labute approximate surface area is 122 Å². The summed E-state index contributed by atoms with van der Waals surface area (Å²) in [5.41, 5.74) is 1.59. The number of benzene rings is 2. The van der Waals surface area contributed by atoms with Gasteiger partial charge in [0.1, 0.15) is 11.6 Å². The molecule has 1 atom stereocenters. The van der Waals surface area contributed by atoms with E-state index in [9.17, 15) is 4.39 Å². The zero-order chi connectivity index (χ0) is 13.1. The smallest absolute Gasteiger partial charge is 0.142 e. The highest BCUT2D eigenvalue weighted by Crippen LogP contribution is 2.35. The lowest BCUT2D eigenvalue weighted by Crippen LogP contribution is -1.97. The van der Waals surface area contributed by atoms with E-state index in [0.717, 1.165) is 11.3 Å². The van der Waals surface area contributed by atoms with Gasteiger partial charge >= 0.3 is 0 Å². The first-order chi connectivity index (χ1) is 8.63. The topological polar surface area (TPSA) is 9.23 Å². The van der Waals surface area contributed by atoms with Crippen LogP contribution in [0.5, 0.6) is 5.75 Å². The van der Waals surface area contributed by atoms with Gasteiger partial charge in [0, 0.05) is 5.56 Å². The normalized spacial score (nSPS) is 12.2. The molecule has 0 aliphatic carbocycles. The van der Waals surface area contributed by atoms with Crippen molar-refractivity contribution in [3.05, 3.63) is 63.9 Å². The van der Waals surface area contributed by atoms with Gasteiger partial charge in [0.2, 0.25) is 0 Å². The van der Waals surface area contributed by atoms with Crippen molar-refractivity contribution in [2.24, 2.45) is 0 Å². The maximum Gasteiger partial charge on any atom is 0.142 e. The Morgan fingerprint density at radius 3 is 2.39 bits per heavy atom. The van der Waals surface area contributed by atoms with Crippen LogP contribution in [0, 0.1) is 5.82 Å². The Bertz CT molecular complexity index is 540. The van der Waals surface area contributed by atoms with Crippen LogP contribution in [0.4, 0.5) is 4.39 Å². The summed E-state index contributed by atoms with van der Waals surface area (Å²) < 4.78 is 19.6. The molecular weight excluding hydrogens is 363 g/mol. The molecule has 0 aliphatic heterocycles. The van der Waals surface area contributed by atoms with E-state index in [4.69, 9.17) is 4.74 Å². The van der Waals surface area contributed by atoms with Gasteiger partial charge in [-0.25, -0.2) is 4.39 Å². The molecule has 0 amide bonds. The van der Waals surface area contributed by atoms with E-state index in [0.29, 0.717) is 10.0 Å². The van der Waals surface area contributed by atoms with Crippen molar-refractivity contribution in [1.82, 2.24) is 0 Å². The Balaban J connectivity index is 2.35. The predicted molar refractivity (Wildman–Crippen MR) is 77.9 cm³/mol. The second-order valence-electron chi connectivity index (χ2n) is 3.78. The summed E-state index contributed by atoms with van der Waals surface area (Å²) in [6, 6.07) is 12.8. The Morgan fingerprint density at radius 2 is 1.78 bits per heavy atom. The van der Waals surface area contributed by atoms with Crippen molar-refractivity contribution in [2.45, 2.75) is 4.83 Å². The molecule has 0 radical (unpaired) electrons. The van der Waals surface area contributed by atoms with Gasteiger partial charge in [-0.3, -0.25) is 0 Å². The van der Waals surface area contributed by atoms with E-state index < -0.39 is 0 Å². The van der Waals surface area contributed by atoms with Crippen molar-refractivity contribution in [3.8, 4) is 5.75 Å². The maximum absolute atomic E-state index is 14.0. The van der Waals surface area contributed by atoms with Gasteiger partial charge in [-0.05, 0) is 39.7 Å². The number of alkyl halides is 1. The number of halogens is 3. The van der Waals surface area contributed by atoms with Gasteiger partial charge in [0.25, 0.3) is 0 Å².